The number of hydrogen-bond donors (Lipinski definition) is 8. The van der Waals surface area contributed by atoms with Gasteiger partial charge in [0.1, 0.15) is 37.1 Å². The second-order valence-corrected chi connectivity index (χ2v) is 16.3. The predicted molar refractivity (Wildman–Crippen MR) is 167 cm³/mol. The van der Waals surface area contributed by atoms with Crippen molar-refractivity contribution < 1.29 is 69.3 Å². The van der Waals surface area contributed by atoms with Gasteiger partial charge >= 0.3 is 5.97 Å². The third-order valence-corrected chi connectivity index (χ3v) is 14.1. The predicted octanol–water partition coefficient (Wildman–Crippen LogP) is -0.603. The maximum absolute atomic E-state index is 12.5. The van der Waals surface area contributed by atoms with E-state index in [9.17, 15) is 45.6 Å². The van der Waals surface area contributed by atoms with Crippen molar-refractivity contribution >= 4 is 5.97 Å². The lowest BCUT2D eigenvalue weighted by Gasteiger charge is -2.66. The van der Waals surface area contributed by atoms with Gasteiger partial charge in [0.25, 0.3) is 0 Å². The molecule has 8 N–H and O–H groups in total. The summed E-state index contributed by atoms with van der Waals surface area (Å²) in [6.07, 6.45) is -5.25. The van der Waals surface area contributed by atoms with E-state index in [1.54, 1.807) is 13.0 Å². The lowest BCUT2D eigenvalue weighted by molar-refractivity contribution is -0.332. The summed E-state index contributed by atoms with van der Waals surface area (Å²) in [5.41, 5.74) is -2.73. The molecule has 17 atom stereocenters. The number of ether oxygens (including phenoxy) is 5. The number of cyclic esters (lactones) is 1. The van der Waals surface area contributed by atoms with E-state index in [1.165, 1.54) is 0 Å². The van der Waals surface area contributed by atoms with E-state index in [2.05, 4.69) is 6.92 Å². The first-order valence-corrected chi connectivity index (χ1v) is 18.1. The fourth-order valence-electron chi connectivity index (χ4n) is 11.5. The van der Waals surface area contributed by atoms with Gasteiger partial charge < -0.3 is 64.5 Å². The molecule has 3 aliphatic heterocycles. The maximum atomic E-state index is 12.5. The lowest BCUT2D eigenvalue weighted by atomic mass is 9.41. The number of aliphatic hydroxyl groups is 8. The quantitative estimate of drug-likeness (QED) is 0.123. The van der Waals surface area contributed by atoms with Gasteiger partial charge in [0.15, 0.2) is 12.6 Å². The molecule has 3 heterocycles. The number of carbonyl (C=O) groups is 1. The zero-order valence-corrected chi connectivity index (χ0v) is 28.3. The topological polar surface area (TPSA) is 225 Å². The van der Waals surface area contributed by atoms with Crippen LogP contribution in [0.15, 0.2) is 11.6 Å². The summed E-state index contributed by atoms with van der Waals surface area (Å²) in [6, 6.07) is 0. The lowest BCUT2D eigenvalue weighted by Crippen LogP contribution is -2.69. The van der Waals surface area contributed by atoms with Gasteiger partial charge in [0.2, 0.25) is 0 Å². The van der Waals surface area contributed by atoms with Crippen molar-refractivity contribution in [1.29, 1.82) is 0 Å². The van der Waals surface area contributed by atoms with E-state index in [4.69, 9.17) is 23.7 Å². The summed E-state index contributed by atoms with van der Waals surface area (Å²) < 4.78 is 28.5. The molecule has 278 valence electrons. The van der Waals surface area contributed by atoms with Crippen molar-refractivity contribution in [3.05, 3.63) is 11.6 Å². The minimum absolute atomic E-state index is 0.0299. The third-order valence-electron chi connectivity index (χ3n) is 14.1. The van der Waals surface area contributed by atoms with Gasteiger partial charge in [-0.1, -0.05) is 6.92 Å². The highest BCUT2D eigenvalue weighted by molar-refractivity contribution is 5.85. The van der Waals surface area contributed by atoms with Gasteiger partial charge in [-0.25, -0.2) is 4.79 Å². The molecule has 0 radical (unpaired) electrons. The van der Waals surface area contributed by atoms with Crippen molar-refractivity contribution in [3.63, 3.8) is 0 Å². The van der Waals surface area contributed by atoms with E-state index < -0.39 is 83.4 Å². The van der Waals surface area contributed by atoms with Crippen LogP contribution in [0, 0.1) is 28.6 Å². The number of carbonyl (C=O) groups excluding carboxylic acids is 1. The van der Waals surface area contributed by atoms with Crippen LogP contribution < -0.4 is 0 Å². The van der Waals surface area contributed by atoms with Crippen LogP contribution in [0.2, 0.25) is 0 Å². The SMILES string of the molecule is CC1OC(O)CC(O)C1OCC1OC(OC2CC[C@]3(CO)C4CC[C@]5(C)C(C6=CC(=O)OC6)CC[C@]5(O)C4CC[C@]3(O)C2)C(O)C(O)C1O. The van der Waals surface area contributed by atoms with Gasteiger partial charge in [-0.05, 0) is 81.6 Å². The average Bonchev–Trinajstić information content (AvgIpc) is 3.60. The summed E-state index contributed by atoms with van der Waals surface area (Å²) >= 11 is 0. The molecule has 49 heavy (non-hydrogen) atoms. The standard InChI is InChI=1S/C35H54O14/c1-17-30(23(37)12-26(39)47-17)46-15-24-27(40)28(41)29(42)31(49-24)48-19-3-8-33(16-36)21-4-7-32(2)20(18-11-25(38)45-14-18)6-10-35(32,44)22(21)5-9-34(33,43)13-19/h11,17,19-24,26-31,36-37,39-44H,3-10,12-16H2,1-2H3/t17?,19?,20?,21?,22?,23?,24?,26?,27?,28?,29?,30?,31?,32-,33+,34+,35+/m1/s1. The highest BCUT2D eigenvalue weighted by atomic mass is 16.7. The summed E-state index contributed by atoms with van der Waals surface area (Å²) in [5, 5.41) is 88.3. The largest absolute Gasteiger partial charge is 0.458 e. The molecule has 14 nitrogen and oxygen atoms in total. The molecule has 0 aromatic rings. The zero-order chi connectivity index (χ0) is 35.1. The normalized spacial score (nSPS) is 54.4. The van der Waals surface area contributed by atoms with Gasteiger partial charge in [-0.15, -0.1) is 0 Å². The zero-order valence-electron chi connectivity index (χ0n) is 28.3. The van der Waals surface area contributed by atoms with Crippen LogP contribution in [-0.4, -0.2) is 139 Å². The summed E-state index contributed by atoms with van der Waals surface area (Å²) in [6.45, 7) is 3.51. The Bertz CT molecular complexity index is 1270. The molecular formula is C35H54O14. The van der Waals surface area contributed by atoms with Crippen molar-refractivity contribution in [1.82, 2.24) is 0 Å². The van der Waals surface area contributed by atoms with E-state index in [1.807, 2.05) is 0 Å². The number of esters is 1. The fraction of sp³-hybridized carbons (Fsp3) is 0.914. The molecule has 6 fully saturated rings. The number of fused-ring (bicyclic) bond motifs is 5. The van der Waals surface area contributed by atoms with Crippen molar-refractivity contribution in [2.45, 2.75) is 151 Å². The van der Waals surface area contributed by atoms with E-state index in [-0.39, 0.29) is 56.4 Å². The molecule has 0 aromatic carbocycles. The Kier molecular flexibility index (Phi) is 9.57. The second kappa shape index (κ2) is 13.0. The number of hydrogen-bond acceptors (Lipinski definition) is 14. The van der Waals surface area contributed by atoms with E-state index in [0.29, 0.717) is 44.9 Å². The summed E-state index contributed by atoms with van der Waals surface area (Å²) in [4.78, 5) is 11.9. The fourth-order valence-corrected chi connectivity index (χ4v) is 11.5. The van der Waals surface area contributed by atoms with Crippen molar-refractivity contribution in [2.24, 2.45) is 28.6 Å². The highest BCUT2D eigenvalue weighted by Gasteiger charge is 2.71. The van der Waals surface area contributed by atoms with Crippen molar-refractivity contribution in [2.75, 3.05) is 19.8 Å². The molecule has 14 heteroatoms. The molecular weight excluding hydrogens is 644 g/mol. The molecule has 7 aliphatic rings. The molecule has 4 saturated carbocycles. The Morgan fingerprint density at radius 3 is 2.37 bits per heavy atom. The smallest absolute Gasteiger partial charge is 0.331 e. The molecule has 4 aliphatic carbocycles. The summed E-state index contributed by atoms with van der Waals surface area (Å²) in [7, 11) is 0. The van der Waals surface area contributed by atoms with Crippen LogP contribution in [0.5, 0.6) is 0 Å². The molecule has 7 rings (SSSR count). The maximum Gasteiger partial charge on any atom is 0.331 e. The molecule has 0 spiro atoms. The van der Waals surface area contributed by atoms with Gasteiger partial charge in [-0.2, -0.15) is 0 Å². The third kappa shape index (κ3) is 5.64. The monoisotopic (exact) mass is 698 g/mol. The van der Waals surface area contributed by atoms with Crippen LogP contribution in [0.3, 0.4) is 0 Å². The minimum atomic E-state index is -1.62. The van der Waals surface area contributed by atoms with Gasteiger partial charge in [0, 0.05) is 29.7 Å². The number of aliphatic hydroxyl groups excluding tert-OH is 6. The molecule has 0 bridgehead atoms. The molecule has 2 saturated heterocycles. The Labute approximate surface area is 285 Å². The van der Waals surface area contributed by atoms with Crippen LogP contribution >= 0.6 is 0 Å². The first-order valence-electron chi connectivity index (χ1n) is 18.1. The molecule has 0 aromatic heterocycles. The first-order chi connectivity index (χ1) is 23.2. The van der Waals surface area contributed by atoms with Gasteiger partial charge in [-0.3, -0.25) is 0 Å². The Balaban J connectivity index is 1.03. The minimum Gasteiger partial charge on any atom is -0.458 e. The van der Waals surface area contributed by atoms with Crippen molar-refractivity contribution in [3.8, 4) is 0 Å². The van der Waals surface area contributed by atoms with Gasteiger partial charge in [0.05, 0.1) is 42.7 Å². The summed E-state index contributed by atoms with van der Waals surface area (Å²) in [5.74, 6) is -0.584. The Morgan fingerprint density at radius 2 is 1.67 bits per heavy atom. The van der Waals surface area contributed by atoms with Crippen LogP contribution in [0.1, 0.15) is 78.1 Å². The van der Waals surface area contributed by atoms with E-state index in [0.717, 1.165) is 12.0 Å². The van der Waals surface area contributed by atoms with E-state index >= 15 is 0 Å². The van der Waals surface area contributed by atoms with Crippen LogP contribution in [0.4, 0.5) is 0 Å². The number of rotatable bonds is 7. The molecule has 0 amide bonds. The van der Waals surface area contributed by atoms with Crippen LogP contribution in [0.25, 0.3) is 0 Å². The Morgan fingerprint density at radius 1 is 0.918 bits per heavy atom. The second-order valence-electron chi connectivity index (χ2n) is 16.3. The average molecular weight is 699 g/mol. The van der Waals surface area contributed by atoms with Crippen LogP contribution in [-0.2, 0) is 28.5 Å². The Hall–Kier alpha value is -1.27. The highest BCUT2D eigenvalue weighted by Crippen LogP contribution is 2.70. The molecule has 13 unspecified atom stereocenters. The first kappa shape index (κ1) is 36.1.